The van der Waals surface area contributed by atoms with Gasteiger partial charge in [0.1, 0.15) is 0 Å². The van der Waals surface area contributed by atoms with Crippen LogP contribution in [0.25, 0.3) is 0 Å². The summed E-state index contributed by atoms with van der Waals surface area (Å²) < 4.78 is 0. The highest BCUT2D eigenvalue weighted by Crippen LogP contribution is 1.99. The summed E-state index contributed by atoms with van der Waals surface area (Å²) in [5.74, 6) is 4.66. The van der Waals surface area contributed by atoms with Gasteiger partial charge in [-0.05, 0) is 12.8 Å². The highest BCUT2D eigenvalue weighted by atomic mass is 16.1. The zero-order chi connectivity index (χ0) is 8.69. The molecule has 0 spiro atoms. The van der Waals surface area contributed by atoms with Crippen molar-refractivity contribution in [1.29, 1.82) is 0 Å². The average Bonchev–Trinajstić information content (AvgIpc) is 1.87. The standard InChI is InChI=1S/C6H14N4O/c7-5(4-10-9)2-1-3-6(8)11/h4,10H,1-3,7,9H2,(H2,8,11)/b5-4-. The lowest BCUT2D eigenvalue weighted by Gasteiger charge is -1.98. The molecule has 5 heteroatoms. The van der Waals surface area contributed by atoms with E-state index in [0.29, 0.717) is 25.0 Å². The van der Waals surface area contributed by atoms with Gasteiger partial charge in [0, 0.05) is 18.3 Å². The van der Waals surface area contributed by atoms with Gasteiger partial charge in [0.05, 0.1) is 0 Å². The minimum absolute atomic E-state index is 0.307. The third kappa shape index (κ3) is 6.66. The van der Waals surface area contributed by atoms with Crippen LogP contribution in [0.15, 0.2) is 11.9 Å². The van der Waals surface area contributed by atoms with E-state index in [4.69, 9.17) is 17.3 Å². The number of carbonyl (C=O) groups excluding carboxylic acids is 1. The van der Waals surface area contributed by atoms with Gasteiger partial charge in [-0.1, -0.05) is 0 Å². The smallest absolute Gasteiger partial charge is 0.217 e. The quantitative estimate of drug-likeness (QED) is 0.301. The Morgan fingerprint density at radius 3 is 2.45 bits per heavy atom. The van der Waals surface area contributed by atoms with Crippen LogP contribution in [0, 0.1) is 0 Å². The van der Waals surface area contributed by atoms with Gasteiger partial charge in [-0.15, -0.1) is 0 Å². The van der Waals surface area contributed by atoms with Gasteiger partial charge < -0.3 is 16.9 Å². The van der Waals surface area contributed by atoms with Crippen LogP contribution in [0.1, 0.15) is 19.3 Å². The fraction of sp³-hybridized carbons (Fsp3) is 0.500. The second-order valence-electron chi connectivity index (χ2n) is 2.21. The molecule has 5 nitrogen and oxygen atoms in total. The number of primary amides is 1. The molecule has 0 bridgehead atoms. The van der Waals surface area contributed by atoms with Gasteiger partial charge in [-0.2, -0.15) is 0 Å². The fourth-order valence-electron chi connectivity index (χ4n) is 0.646. The van der Waals surface area contributed by atoms with Crippen LogP contribution in [0.5, 0.6) is 0 Å². The molecular formula is C6H14N4O. The highest BCUT2D eigenvalue weighted by molar-refractivity contribution is 5.73. The maximum absolute atomic E-state index is 10.3. The average molecular weight is 158 g/mol. The van der Waals surface area contributed by atoms with Crippen LogP contribution in [-0.2, 0) is 4.79 Å². The Balaban J connectivity index is 3.38. The van der Waals surface area contributed by atoms with Crippen molar-refractivity contribution in [2.45, 2.75) is 19.3 Å². The monoisotopic (exact) mass is 158 g/mol. The normalized spacial score (nSPS) is 11.2. The highest BCUT2D eigenvalue weighted by Gasteiger charge is 1.94. The van der Waals surface area contributed by atoms with E-state index in [1.54, 1.807) is 0 Å². The molecule has 64 valence electrons. The Morgan fingerprint density at radius 2 is 2.00 bits per heavy atom. The van der Waals surface area contributed by atoms with E-state index in [-0.39, 0.29) is 5.91 Å². The molecule has 0 saturated heterocycles. The molecule has 0 aromatic heterocycles. The summed E-state index contributed by atoms with van der Waals surface area (Å²) in [6.45, 7) is 0. The Hall–Kier alpha value is -1.23. The SMILES string of the molecule is NN/C=C(\N)CCCC(N)=O. The first kappa shape index (κ1) is 9.77. The van der Waals surface area contributed by atoms with E-state index in [1.165, 1.54) is 6.20 Å². The van der Waals surface area contributed by atoms with Crippen molar-refractivity contribution in [1.82, 2.24) is 5.43 Å². The minimum atomic E-state index is -0.307. The molecule has 7 N–H and O–H groups in total. The van der Waals surface area contributed by atoms with Crippen molar-refractivity contribution >= 4 is 5.91 Å². The first-order chi connectivity index (χ1) is 5.16. The van der Waals surface area contributed by atoms with E-state index >= 15 is 0 Å². The van der Waals surface area contributed by atoms with Crippen molar-refractivity contribution in [3.63, 3.8) is 0 Å². The second kappa shape index (κ2) is 5.55. The summed E-state index contributed by atoms with van der Waals surface area (Å²) >= 11 is 0. The van der Waals surface area contributed by atoms with Gasteiger partial charge in [-0.3, -0.25) is 10.6 Å². The number of amides is 1. The maximum Gasteiger partial charge on any atom is 0.217 e. The molecule has 0 aliphatic carbocycles. The fourth-order valence-corrected chi connectivity index (χ4v) is 0.646. The van der Waals surface area contributed by atoms with Crippen molar-refractivity contribution in [2.24, 2.45) is 17.3 Å². The predicted molar refractivity (Wildman–Crippen MR) is 42.6 cm³/mol. The lowest BCUT2D eigenvalue weighted by atomic mass is 10.2. The molecule has 0 saturated carbocycles. The Bertz CT molecular complexity index is 155. The number of allylic oxidation sites excluding steroid dienone is 1. The van der Waals surface area contributed by atoms with Gasteiger partial charge in [0.15, 0.2) is 0 Å². The van der Waals surface area contributed by atoms with Crippen molar-refractivity contribution in [3.05, 3.63) is 11.9 Å². The number of hydrogen-bond acceptors (Lipinski definition) is 4. The van der Waals surface area contributed by atoms with E-state index < -0.39 is 0 Å². The Labute approximate surface area is 65.6 Å². The molecule has 0 heterocycles. The zero-order valence-electron chi connectivity index (χ0n) is 6.34. The Kier molecular flexibility index (Phi) is 4.93. The summed E-state index contributed by atoms with van der Waals surface area (Å²) in [6, 6.07) is 0. The predicted octanol–water partition coefficient (Wildman–Crippen LogP) is -1.09. The number of hydrazine groups is 1. The molecule has 0 radical (unpaired) electrons. The summed E-state index contributed by atoms with van der Waals surface area (Å²) in [6.07, 6.45) is 3.15. The largest absolute Gasteiger partial charge is 0.401 e. The number of rotatable bonds is 5. The topological polar surface area (TPSA) is 107 Å². The molecule has 0 aliphatic heterocycles. The van der Waals surface area contributed by atoms with Crippen LogP contribution < -0.4 is 22.7 Å². The van der Waals surface area contributed by atoms with Gasteiger partial charge in [-0.25, -0.2) is 0 Å². The van der Waals surface area contributed by atoms with E-state index in [1.807, 2.05) is 0 Å². The third-order valence-corrected chi connectivity index (χ3v) is 1.16. The zero-order valence-corrected chi connectivity index (χ0v) is 6.34. The lowest BCUT2D eigenvalue weighted by molar-refractivity contribution is -0.118. The van der Waals surface area contributed by atoms with Crippen molar-refractivity contribution in [2.75, 3.05) is 0 Å². The van der Waals surface area contributed by atoms with Gasteiger partial charge in [0.25, 0.3) is 0 Å². The molecular weight excluding hydrogens is 144 g/mol. The summed E-state index contributed by atoms with van der Waals surface area (Å²) in [4.78, 5) is 10.3. The molecule has 0 fully saturated rings. The summed E-state index contributed by atoms with van der Waals surface area (Å²) in [5, 5.41) is 0. The molecule has 0 aromatic carbocycles. The number of carbonyl (C=O) groups is 1. The number of hydrogen-bond donors (Lipinski definition) is 4. The van der Waals surface area contributed by atoms with Crippen LogP contribution in [0.3, 0.4) is 0 Å². The first-order valence-electron chi connectivity index (χ1n) is 3.35. The lowest BCUT2D eigenvalue weighted by Crippen LogP contribution is -2.17. The van der Waals surface area contributed by atoms with E-state index in [2.05, 4.69) is 5.43 Å². The van der Waals surface area contributed by atoms with Crippen LogP contribution in [-0.4, -0.2) is 5.91 Å². The molecule has 0 atom stereocenters. The third-order valence-electron chi connectivity index (χ3n) is 1.16. The number of nitrogens with one attached hydrogen (secondary N) is 1. The summed E-state index contributed by atoms with van der Waals surface area (Å²) in [7, 11) is 0. The van der Waals surface area contributed by atoms with Crippen LogP contribution in [0.2, 0.25) is 0 Å². The Morgan fingerprint density at radius 1 is 1.36 bits per heavy atom. The molecule has 0 unspecified atom stereocenters. The minimum Gasteiger partial charge on any atom is -0.401 e. The molecule has 0 aliphatic rings. The van der Waals surface area contributed by atoms with Gasteiger partial charge in [0.2, 0.25) is 5.91 Å². The molecule has 1 amide bonds. The molecule has 0 aromatic rings. The van der Waals surface area contributed by atoms with Crippen molar-refractivity contribution in [3.8, 4) is 0 Å². The van der Waals surface area contributed by atoms with Crippen LogP contribution >= 0.6 is 0 Å². The summed E-state index contributed by atoms with van der Waals surface area (Å²) in [5.41, 5.74) is 13.3. The van der Waals surface area contributed by atoms with Crippen LogP contribution in [0.4, 0.5) is 0 Å². The second-order valence-corrected chi connectivity index (χ2v) is 2.21. The molecule has 0 rings (SSSR count). The van der Waals surface area contributed by atoms with E-state index in [0.717, 1.165) is 0 Å². The maximum atomic E-state index is 10.3. The number of nitrogens with two attached hydrogens (primary N) is 3. The molecule has 11 heavy (non-hydrogen) atoms. The van der Waals surface area contributed by atoms with Crippen molar-refractivity contribution < 1.29 is 4.79 Å². The van der Waals surface area contributed by atoms with Gasteiger partial charge >= 0.3 is 0 Å². The van der Waals surface area contributed by atoms with E-state index in [9.17, 15) is 4.79 Å². The first-order valence-corrected chi connectivity index (χ1v) is 3.35.